The largest absolute Gasteiger partial charge is 0.351 e. The minimum atomic E-state index is -3.77. The molecule has 138 valence electrons. The third-order valence-electron chi connectivity index (χ3n) is 3.97. The predicted molar refractivity (Wildman–Crippen MR) is 95.3 cm³/mol. The zero-order valence-electron chi connectivity index (χ0n) is 14.8. The van der Waals surface area contributed by atoms with Crippen LogP contribution in [0.1, 0.15) is 84.0 Å². The van der Waals surface area contributed by atoms with Crippen LogP contribution in [-0.2, 0) is 10.2 Å². The molecule has 0 aromatic carbocycles. The average molecular weight is 350 g/mol. The van der Waals surface area contributed by atoms with Gasteiger partial charge in [0.1, 0.15) is 0 Å². The number of hydrogen-bond donors (Lipinski definition) is 2. The fraction of sp³-hybridized carbons (Fsp3) is 0.938. The van der Waals surface area contributed by atoms with Crippen LogP contribution in [0.2, 0.25) is 0 Å². The lowest BCUT2D eigenvalue weighted by Gasteiger charge is -2.16. The summed E-state index contributed by atoms with van der Waals surface area (Å²) in [6.45, 7) is 2.64. The zero-order valence-corrected chi connectivity index (χ0v) is 15.7. The van der Waals surface area contributed by atoms with Crippen molar-refractivity contribution >= 4 is 16.2 Å². The molecule has 0 atom stereocenters. The highest BCUT2D eigenvalue weighted by molar-refractivity contribution is 7.87. The van der Waals surface area contributed by atoms with Crippen molar-refractivity contribution in [3.63, 3.8) is 0 Å². The zero-order chi connectivity index (χ0) is 17.6. The van der Waals surface area contributed by atoms with Gasteiger partial charge in [0.2, 0.25) is 0 Å². The Balaban J connectivity index is 3.44. The number of nitrogens with two attached hydrogens (primary N) is 1. The molecule has 23 heavy (non-hydrogen) atoms. The van der Waals surface area contributed by atoms with Gasteiger partial charge in [-0.3, -0.25) is 0 Å². The summed E-state index contributed by atoms with van der Waals surface area (Å²) in [7, 11) is -2.32. The summed E-state index contributed by atoms with van der Waals surface area (Å²) < 4.78 is 26.1. The van der Waals surface area contributed by atoms with E-state index in [2.05, 4.69) is 6.92 Å². The lowest BCUT2D eigenvalue weighted by Crippen LogP contribution is -2.44. The molecule has 0 fully saturated rings. The molecule has 0 saturated heterocycles. The van der Waals surface area contributed by atoms with Gasteiger partial charge in [-0.1, -0.05) is 77.6 Å². The first-order chi connectivity index (χ1) is 10.9. The number of nitrogens with one attached hydrogen (secondary N) is 1. The molecule has 0 spiro atoms. The van der Waals surface area contributed by atoms with Crippen molar-refractivity contribution in [1.82, 2.24) is 9.03 Å². The summed E-state index contributed by atoms with van der Waals surface area (Å²) in [5, 5.41) is 0. The molecular weight excluding hydrogens is 314 g/mol. The van der Waals surface area contributed by atoms with Crippen LogP contribution >= 0.6 is 0 Å². The Morgan fingerprint density at radius 2 is 1.26 bits per heavy atom. The van der Waals surface area contributed by atoms with Gasteiger partial charge in [-0.05, 0) is 6.42 Å². The molecule has 0 aromatic rings. The molecule has 6 nitrogen and oxygen atoms in total. The molecular formula is C16H35N3O3S. The minimum absolute atomic E-state index is 0.403. The lowest BCUT2D eigenvalue weighted by atomic mass is 10.1. The van der Waals surface area contributed by atoms with Crippen molar-refractivity contribution in [2.24, 2.45) is 5.73 Å². The third kappa shape index (κ3) is 13.3. The lowest BCUT2D eigenvalue weighted by molar-refractivity contribution is 0.253. The van der Waals surface area contributed by atoms with E-state index in [0.717, 1.165) is 23.6 Å². The highest BCUT2D eigenvalue weighted by Crippen LogP contribution is 2.12. The molecule has 0 bridgehead atoms. The van der Waals surface area contributed by atoms with Crippen molar-refractivity contribution in [3.8, 4) is 0 Å². The molecule has 0 heterocycles. The van der Waals surface area contributed by atoms with Crippen LogP contribution < -0.4 is 10.5 Å². The van der Waals surface area contributed by atoms with E-state index in [-0.39, 0.29) is 0 Å². The van der Waals surface area contributed by atoms with E-state index in [1.807, 2.05) is 0 Å². The van der Waals surface area contributed by atoms with E-state index in [1.165, 1.54) is 64.8 Å². The summed E-state index contributed by atoms with van der Waals surface area (Å²) in [5.74, 6) is 0. The van der Waals surface area contributed by atoms with Gasteiger partial charge in [-0.15, -0.1) is 0 Å². The molecule has 0 aliphatic heterocycles. The Morgan fingerprint density at radius 3 is 1.65 bits per heavy atom. The topological polar surface area (TPSA) is 92.5 Å². The molecule has 0 saturated carbocycles. The molecule has 0 aliphatic rings. The van der Waals surface area contributed by atoms with E-state index < -0.39 is 16.2 Å². The smallest absolute Gasteiger partial charge is 0.326 e. The Morgan fingerprint density at radius 1 is 0.870 bits per heavy atom. The molecule has 2 amide bonds. The van der Waals surface area contributed by atoms with Crippen molar-refractivity contribution in [3.05, 3.63) is 0 Å². The van der Waals surface area contributed by atoms with Crippen LogP contribution in [-0.4, -0.2) is 32.3 Å². The van der Waals surface area contributed by atoms with Crippen LogP contribution in [0.5, 0.6) is 0 Å². The van der Waals surface area contributed by atoms with Crippen LogP contribution in [0.25, 0.3) is 0 Å². The monoisotopic (exact) mass is 349 g/mol. The molecule has 0 aromatic heterocycles. The molecule has 0 rings (SSSR count). The first kappa shape index (κ1) is 22.2. The summed E-state index contributed by atoms with van der Waals surface area (Å²) in [4.78, 5) is 10.6. The number of nitrogens with zero attached hydrogens (tertiary/aromatic N) is 1. The molecule has 0 radical (unpaired) electrons. The third-order valence-corrected chi connectivity index (χ3v) is 5.43. The van der Waals surface area contributed by atoms with Crippen molar-refractivity contribution in [1.29, 1.82) is 0 Å². The standard InChI is InChI=1S/C16H35N3O3S/c1-3-4-5-6-7-8-9-10-11-12-13-14-15-19(2)23(21,22)18-16(17)20/h3-15H2,1-2H3,(H3,17,18,20). The van der Waals surface area contributed by atoms with Crippen molar-refractivity contribution in [2.75, 3.05) is 13.6 Å². The van der Waals surface area contributed by atoms with Crippen LogP contribution in [0, 0.1) is 0 Å². The number of carbonyl (C=O) groups excluding carboxylic acids is 1. The first-order valence-electron chi connectivity index (χ1n) is 8.93. The predicted octanol–water partition coefficient (Wildman–Crippen LogP) is 3.53. The quantitative estimate of drug-likeness (QED) is 0.443. The maximum atomic E-state index is 11.6. The average Bonchev–Trinajstić information content (AvgIpc) is 2.46. The summed E-state index contributed by atoms with van der Waals surface area (Å²) in [6, 6.07) is -1.05. The summed E-state index contributed by atoms with van der Waals surface area (Å²) in [6.07, 6.45) is 14.8. The van der Waals surface area contributed by atoms with Crippen molar-refractivity contribution < 1.29 is 13.2 Å². The molecule has 0 unspecified atom stereocenters. The maximum Gasteiger partial charge on any atom is 0.326 e. The Bertz CT molecular complexity index is 399. The van der Waals surface area contributed by atoms with Crippen molar-refractivity contribution in [2.45, 2.75) is 84.0 Å². The van der Waals surface area contributed by atoms with Gasteiger partial charge < -0.3 is 5.73 Å². The summed E-state index contributed by atoms with van der Waals surface area (Å²) in [5.41, 5.74) is 4.83. The number of rotatable bonds is 15. The maximum absolute atomic E-state index is 11.6. The van der Waals surface area contributed by atoms with Gasteiger partial charge in [0, 0.05) is 13.6 Å². The normalized spacial score (nSPS) is 11.8. The van der Waals surface area contributed by atoms with Gasteiger partial charge in [0.25, 0.3) is 0 Å². The first-order valence-corrected chi connectivity index (χ1v) is 10.4. The second kappa shape index (κ2) is 13.6. The fourth-order valence-corrected chi connectivity index (χ4v) is 3.28. The van der Waals surface area contributed by atoms with Crippen LogP contribution in [0.3, 0.4) is 0 Å². The fourth-order valence-electron chi connectivity index (χ4n) is 2.50. The van der Waals surface area contributed by atoms with E-state index in [1.54, 1.807) is 4.72 Å². The van der Waals surface area contributed by atoms with Gasteiger partial charge in [0.15, 0.2) is 0 Å². The van der Waals surface area contributed by atoms with E-state index in [4.69, 9.17) is 5.73 Å². The van der Waals surface area contributed by atoms with Crippen LogP contribution in [0.4, 0.5) is 4.79 Å². The highest BCUT2D eigenvalue weighted by Gasteiger charge is 2.18. The Kier molecular flexibility index (Phi) is 13.1. The Labute approximate surface area is 142 Å². The van der Waals surface area contributed by atoms with Crippen LogP contribution in [0.15, 0.2) is 0 Å². The number of unbranched alkanes of at least 4 members (excludes halogenated alkanes) is 11. The molecule has 7 heteroatoms. The number of hydrogen-bond acceptors (Lipinski definition) is 3. The van der Waals surface area contributed by atoms with E-state index >= 15 is 0 Å². The second-order valence-corrected chi connectivity index (χ2v) is 7.96. The highest BCUT2D eigenvalue weighted by atomic mass is 32.2. The summed E-state index contributed by atoms with van der Waals surface area (Å²) >= 11 is 0. The second-order valence-electron chi connectivity index (χ2n) is 6.18. The van der Waals surface area contributed by atoms with Gasteiger partial charge in [-0.2, -0.15) is 12.7 Å². The van der Waals surface area contributed by atoms with Gasteiger partial charge in [-0.25, -0.2) is 9.52 Å². The van der Waals surface area contributed by atoms with Gasteiger partial charge >= 0.3 is 16.2 Å². The number of amides is 2. The number of primary amides is 1. The number of carbonyl (C=O) groups is 1. The van der Waals surface area contributed by atoms with E-state index in [9.17, 15) is 13.2 Å². The number of urea groups is 1. The molecule has 0 aliphatic carbocycles. The van der Waals surface area contributed by atoms with Gasteiger partial charge in [0.05, 0.1) is 0 Å². The SMILES string of the molecule is CCCCCCCCCCCCCCN(C)S(=O)(=O)NC(N)=O. The molecule has 3 N–H and O–H groups in total. The minimum Gasteiger partial charge on any atom is -0.351 e. The van der Waals surface area contributed by atoms with E-state index in [0.29, 0.717) is 6.54 Å². The Hall–Kier alpha value is -0.820.